The second-order valence-electron chi connectivity index (χ2n) is 8.13. The maximum Gasteiger partial charge on any atom is 0.315 e. The zero-order valence-corrected chi connectivity index (χ0v) is 15.2. The maximum absolute atomic E-state index is 12.4. The van der Waals surface area contributed by atoms with Crippen molar-refractivity contribution in [3.8, 4) is 0 Å². The zero-order valence-electron chi connectivity index (χ0n) is 15.2. The molecular weight excluding hydrogens is 314 g/mol. The monoisotopic (exact) mass is 343 g/mol. The Morgan fingerprint density at radius 3 is 2.92 bits per heavy atom. The number of rotatable bonds is 5. The molecule has 1 spiro atoms. The summed E-state index contributed by atoms with van der Waals surface area (Å²) in [5.74, 6) is 0.518. The molecule has 1 aromatic rings. The predicted molar refractivity (Wildman–Crippen MR) is 98.5 cm³/mol. The molecule has 1 aromatic carbocycles. The summed E-state index contributed by atoms with van der Waals surface area (Å²) in [7, 11) is 0. The number of fused-ring (bicyclic) bond motifs is 2. The Hall–Kier alpha value is -1.75. The molecule has 3 atom stereocenters. The molecule has 5 nitrogen and oxygen atoms in total. The SMILES string of the molecule is CC(C)Nc1cccc(CNC(=O)N[C@@H]2[C@@H]3CCO[C@@H]3C23CCC3)c1. The molecule has 0 radical (unpaired) electrons. The third kappa shape index (κ3) is 2.99. The van der Waals surface area contributed by atoms with Gasteiger partial charge in [0.2, 0.25) is 0 Å². The Bertz CT molecular complexity index is 642. The summed E-state index contributed by atoms with van der Waals surface area (Å²) in [4.78, 5) is 12.4. The van der Waals surface area contributed by atoms with Crippen LogP contribution in [0.15, 0.2) is 24.3 Å². The highest BCUT2D eigenvalue weighted by molar-refractivity contribution is 5.74. The number of amides is 2. The first kappa shape index (κ1) is 16.7. The lowest BCUT2D eigenvalue weighted by Crippen LogP contribution is -2.72. The van der Waals surface area contributed by atoms with E-state index in [0.717, 1.165) is 24.3 Å². The molecule has 1 aliphatic heterocycles. The van der Waals surface area contributed by atoms with E-state index in [1.165, 1.54) is 19.3 Å². The number of hydrogen-bond acceptors (Lipinski definition) is 3. The van der Waals surface area contributed by atoms with Crippen LogP contribution in [0.4, 0.5) is 10.5 Å². The van der Waals surface area contributed by atoms with Crippen LogP contribution in [0.1, 0.15) is 45.1 Å². The van der Waals surface area contributed by atoms with Gasteiger partial charge < -0.3 is 20.7 Å². The molecule has 0 aromatic heterocycles. The Kier molecular flexibility index (Phi) is 4.36. The second-order valence-corrected chi connectivity index (χ2v) is 8.13. The summed E-state index contributed by atoms with van der Waals surface area (Å²) in [5.41, 5.74) is 2.43. The molecule has 3 N–H and O–H groups in total. The Balaban J connectivity index is 1.31. The van der Waals surface area contributed by atoms with E-state index in [2.05, 4.69) is 41.9 Å². The van der Waals surface area contributed by atoms with Crippen LogP contribution < -0.4 is 16.0 Å². The van der Waals surface area contributed by atoms with Gasteiger partial charge in [0.05, 0.1) is 6.10 Å². The minimum Gasteiger partial charge on any atom is -0.383 e. The van der Waals surface area contributed by atoms with Gasteiger partial charge in [0, 0.05) is 42.3 Å². The van der Waals surface area contributed by atoms with Crippen LogP contribution in [0.25, 0.3) is 0 Å². The second kappa shape index (κ2) is 6.52. The Morgan fingerprint density at radius 2 is 2.20 bits per heavy atom. The number of ether oxygens (including phenoxy) is 1. The normalized spacial score (nSPS) is 28.8. The summed E-state index contributed by atoms with van der Waals surface area (Å²) in [6, 6.07) is 8.85. The summed E-state index contributed by atoms with van der Waals surface area (Å²) in [5, 5.41) is 9.67. The molecule has 4 rings (SSSR count). The lowest BCUT2D eigenvalue weighted by molar-refractivity contribution is -0.172. The van der Waals surface area contributed by atoms with Crippen molar-refractivity contribution in [2.75, 3.05) is 11.9 Å². The fourth-order valence-corrected chi connectivity index (χ4v) is 4.93. The number of carbonyl (C=O) groups is 1. The third-order valence-corrected chi connectivity index (χ3v) is 6.16. The predicted octanol–water partition coefficient (Wildman–Crippen LogP) is 3.26. The largest absolute Gasteiger partial charge is 0.383 e. The summed E-state index contributed by atoms with van der Waals surface area (Å²) in [6.45, 7) is 5.64. The van der Waals surface area contributed by atoms with Crippen LogP contribution in [-0.2, 0) is 11.3 Å². The molecule has 3 aliphatic rings. The molecule has 1 saturated heterocycles. The molecular formula is C20H29N3O2. The molecule has 0 bridgehead atoms. The molecule has 2 amide bonds. The van der Waals surface area contributed by atoms with Gasteiger partial charge in [0.15, 0.2) is 0 Å². The first-order valence-electron chi connectivity index (χ1n) is 9.60. The van der Waals surface area contributed by atoms with E-state index in [1.54, 1.807) is 0 Å². The highest BCUT2D eigenvalue weighted by atomic mass is 16.5. The van der Waals surface area contributed by atoms with Gasteiger partial charge >= 0.3 is 6.03 Å². The van der Waals surface area contributed by atoms with Gasteiger partial charge in [-0.3, -0.25) is 0 Å². The number of anilines is 1. The van der Waals surface area contributed by atoms with Crippen molar-refractivity contribution in [1.29, 1.82) is 0 Å². The fraction of sp³-hybridized carbons (Fsp3) is 0.650. The van der Waals surface area contributed by atoms with Crippen molar-refractivity contribution in [2.45, 2.75) is 64.3 Å². The number of hydrogen-bond donors (Lipinski definition) is 3. The average Bonchev–Trinajstić information content (AvgIpc) is 2.94. The van der Waals surface area contributed by atoms with Gasteiger partial charge in [-0.2, -0.15) is 0 Å². The van der Waals surface area contributed by atoms with E-state index in [9.17, 15) is 4.79 Å². The van der Waals surface area contributed by atoms with Gasteiger partial charge in [0.1, 0.15) is 0 Å². The van der Waals surface area contributed by atoms with Gasteiger partial charge in [-0.05, 0) is 50.8 Å². The standard InChI is InChI=1S/C20H29N3O2/c1-13(2)22-15-6-3-5-14(11-15)12-21-19(24)23-17-16-7-10-25-18(16)20(17)8-4-9-20/h3,5-6,11,13,16-18,22H,4,7-10,12H2,1-2H3,(H2,21,23,24)/t16-,17+,18-/m0/s1. The Labute approximate surface area is 149 Å². The van der Waals surface area contributed by atoms with Gasteiger partial charge in [-0.25, -0.2) is 4.79 Å². The van der Waals surface area contributed by atoms with Crippen molar-refractivity contribution >= 4 is 11.7 Å². The quantitative estimate of drug-likeness (QED) is 0.769. The van der Waals surface area contributed by atoms with E-state index in [1.807, 2.05) is 12.1 Å². The van der Waals surface area contributed by atoms with Crippen molar-refractivity contribution in [3.05, 3.63) is 29.8 Å². The molecule has 25 heavy (non-hydrogen) atoms. The van der Waals surface area contributed by atoms with Crippen LogP contribution >= 0.6 is 0 Å². The lowest BCUT2D eigenvalue weighted by Gasteiger charge is -2.63. The molecule has 0 unspecified atom stereocenters. The zero-order chi connectivity index (χ0) is 17.4. The molecule has 136 valence electrons. The smallest absolute Gasteiger partial charge is 0.315 e. The lowest BCUT2D eigenvalue weighted by atomic mass is 9.46. The van der Waals surface area contributed by atoms with Crippen LogP contribution in [0, 0.1) is 11.3 Å². The number of carbonyl (C=O) groups excluding carboxylic acids is 1. The van der Waals surface area contributed by atoms with Gasteiger partial charge in [0.25, 0.3) is 0 Å². The van der Waals surface area contributed by atoms with Crippen molar-refractivity contribution in [2.24, 2.45) is 11.3 Å². The summed E-state index contributed by atoms with van der Waals surface area (Å²) >= 11 is 0. The molecule has 3 fully saturated rings. The number of urea groups is 1. The highest BCUT2D eigenvalue weighted by Crippen LogP contribution is 2.62. The Morgan fingerprint density at radius 1 is 1.36 bits per heavy atom. The van der Waals surface area contributed by atoms with Crippen LogP contribution in [0.5, 0.6) is 0 Å². The summed E-state index contributed by atoms with van der Waals surface area (Å²) < 4.78 is 5.92. The molecule has 2 aliphatic carbocycles. The van der Waals surface area contributed by atoms with E-state index in [0.29, 0.717) is 30.7 Å². The minimum absolute atomic E-state index is 0.0520. The van der Waals surface area contributed by atoms with E-state index in [4.69, 9.17) is 4.74 Å². The van der Waals surface area contributed by atoms with Crippen molar-refractivity contribution < 1.29 is 9.53 Å². The molecule has 1 heterocycles. The topological polar surface area (TPSA) is 62.4 Å². The van der Waals surface area contributed by atoms with E-state index in [-0.39, 0.29) is 11.4 Å². The average molecular weight is 343 g/mol. The van der Waals surface area contributed by atoms with Gasteiger partial charge in [-0.15, -0.1) is 0 Å². The van der Waals surface area contributed by atoms with Gasteiger partial charge in [-0.1, -0.05) is 18.6 Å². The number of benzene rings is 1. The van der Waals surface area contributed by atoms with E-state index < -0.39 is 0 Å². The van der Waals surface area contributed by atoms with E-state index >= 15 is 0 Å². The maximum atomic E-state index is 12.4. The number of nitrogens with one attached hydrogen (secondary N) is 3. The first-order chi connectivity index (χ1) is 12.1. The van der Waals surface area contributed by atoms with Crippen LogP contribution in [-0.4, -0.2) is 30.8 Å². The molecule has 2 saturated carbocycles. The molecule has 5 heteroatoms. The first-order valence-corrected chi connectivity index (χ1v) is 9.60. The third-order valence-electron chi connectivity index (χ3n) is 6.16. The van der Waals surface area contributed by atoms with Crippen LogP contribution in [0.2, 0.25) is 0 Å². The highest BCUT2D eigenvalue weighted by Gasteiger charge is 2.66. The minimum atomic E-state index is -0.0520. The fourth-order valence-electron chi connectivity index (χ4n) is 4.93. The van der Waals surface area contributed by atoms with Crippen molar-refractivity contribution in [3.63, 3.8) is 0 Å². The van der Waals surface area contributed by atoms with Crippen LogP contribution in [0.3, 0.4) is 0 Å². The summed E-state index contributed by atoms with van der Waals surface area (Å²) in [6.07, 6.45) is 5.14. The van der Waals surface area contributed by atoms with Crippen molar-refractivity contribution in [1.82, 2.24) is 10.6 Å².